The molecule has 0 bridgehead atoms. The topological polar surface area (TPSA) is 226 Å². The summed E-state index contributed by atoms with van der Waals surface area (Å²) in [6.07, 6.45) is -0.798. The van der Waals surface area contributed by atoms with E-state index in [1.54, 1.807) is 6.07 Å². The van der Waals surface area contributed by atoms with Gasteiger partial charge in [-0.05, 0) is 12.0 Å². The normalized spacial score (nSPS) is 14.0. The van der Waals surface area contributed by atoms with Crippen LogP contribution in [0.1, 0.15) is 24.4 Å². The number of aliphatic carboxylic acids is 2. The van der Waals surface area contributed by atoms with E-state index in [2.05, 4.69) is 10.6 Å². The highest BCUT2D eigenvalue weighted by Gasteiger charge is 2.39. The number of hydrogen-bond donors (Lipinski definition) is 5. The maximum atomic E-state index is 14.2. The average Bonchev–Trinajstić information content (AvgIpc) is 3.01. The maximum absolute atomic E-state index is 14.2. The van der Waals surface area contributed by atoms with Crippen molar-refractivity contribution in [3.8, 4) is 0 Å². The second-order valence-corrected chi connectivity index (χ2v) is 16.0. The molecule has 1 rings (SSSR count). The van der Waals surface area contributed by atoms with Gasteiger partial charge in [0, 0.05) is 56.1 Å². The molecule has 0 spiro atoms. The van der Waals surface area contributed by atoms with Crippen LogP contribution in [0.25, 0.3) is 0 Å². The summed E-state index contributed by atoms with van der Waals surface area (Å²) in [6, 6.07) is 2.77. The molecular formula is C26H40Cl4N5O10PS. The number of benzene rings is 1. The lowest BCUT2D eigenvalue weighted by Gasteiger charge is -2.37. The number of sulfone groups is 1. The van der Waals surface area contributed by atoms with Crippen LogP contribution in [0.3, 0.4) is 0 Å². The fourth-order valence-electron chi connectivity index (χ4n) is 4.12. The minimum Gasteiger partial charge on any atom is -0.480 e. The summed E-state index contributed by atoms with van der Waals surface area (Å²) in [5, 5.41) is 23.2. The van der Waals surface area contributed by atoms with Gasteiger partial charge < -0.3 is 31.1 Å². The summed E-state index contributed by atoms with van der Waals surface area (Å²) < 4.78 is 49.2. The molecule has 15 nitrogen and oxygen atoms in total. The second kappa shape index (κ2) is 22.1. The second-order valence-electron chi connectivity index (χ2n) is 9.90. The first-order valence-corrected chi connectivity index (χ1v) is 19.7. The number of nitrogens with one attached hydrogen (secondary N) is 2. The Morgan fingerprint density at radius 1 is 0.872 bits per heavy atom. The van der Waals surface area contributed by atoms with Crippen LogP contribution >= 0.6 is 54.1 Å². The highest BCUT2D eigenvalue weighted by atomic mass is 35.5. The number of nitrogens with two attached hydrogens (primary N) is 1. The van der Waals surface area contributed by atoms with Crippen LogP contribution < -0.4 is 16.4 Å². The maximum Gasteiger partial charge on any atom is 0.346 e. The monoisotopic (exact) mass is 785 g/mol. The summed E-state index contributed by atoms with van der Waals surface area (Å²) in [5.74, 6) is -6.46. The number of carbonyl (C=O) groups is 4. The van der Waals surface area contributed by atoms with Crippen LogP contribution in [0, 0.1) is 0 Å². The number of alkyl halides is 4. The Kier molecular flexibility index (Phi) is 20.3. The molecule has 0 aliphatic rings. The minimum absolute atomic E-state index is 0.0479. The molecule has 0 aliphatic carbocycles. The summed E-state index contributed by atoms with van der Waals surface area (Å²) in [5.41, 5.74) is 5.61. The Hall–Kier alpha value is -1.72. The quantitative estimate of drug-likeness (QED) is 0.0704. The van der Waals surface area contributed by atoms with Crippen LogP contribution in [0.4, 0.5) is 0 Å². The minimum atomic E-state index is -4.29. The molecule has 0 heterocycles. The lowest BCUT2D eigenvalue weighted by Crippen LogP contribution is -2.52. The van der Waals surface area contributed by atoms with Crippen molar-refractivity contribution in [3.63, 3.8) is 0 Å². The van der Waals surface area contributed by atoms with Crippen LogP contribution in [0.2, 0.25) is 0 Å². The Balaban J connectivity index is 3.26. The van der Waals surface area contributed by atoms with E-state index in [0.29, 0.717) is 0 Å². The summed E-state index contributed by atoms with van der Waals surface area (Å²) in [7, 11) is -8.26. The first-order chi connectivity index (χ1) is 22.1. The molecular weight excluding hydrogens is 747 g/mol. The number of carbonyl (C=O) groups excluding carboxylic acids is 2. The molecule has 0 aromatic heterocycles. The molecule has 1 aromatic rings. The first kappa shape index (κ1) is 43.3. The van der Waals surface area contributed by atoms with Crippen molar-refractivity contribution in [2.45, 2.75) is 31.0 Å². The third-order valence-electron chi connectivity index (χ3n) is 6.48. The van der Waals surface area contributed by atoms with Crippen LogP contribution in [-0.2, 0) is 38.1 Å². The standard InChI is InChI=1S/C26H40Cl4N5O10PS/c27-8-12-34(13-9-28)46(42,35(14-10-29)15-11-30)45-16-17-47(43,44)18-21(32-22(36)7-6-20(31)25(38)39)24(37)33-23(26(40)41)19-4-2-1-3-5-19/h1-5,20-21,23H,6-18,31H2,(H,32,36)(H,33,37)(H,38,39)(H,40,41)/t20-,21?,23+/m0/s1. The number of rotatable bonds is 25. The van der Waals surface area contributed by atoms with Crippen molar-refractivity contribution in [2.24, 2.45) is 5.73 Å². The molecule has 1 unspecified atom stereocenters. The molecule has 0 aliphatic heterocycles. The molecule has 21 heteroatoms. The van der Waals surface area contributed by atoms with Crippen LogP contribution in [-0.4, -0.2) is 132 Å². The molecule has 1 aromatic carbocycles. The fourth-order valence-corrected chi connectivity index (χ4v) is 9.20. The van der Waals surface area contributed by atoms with E-state index >= 15 is 0 Å². The molecule has 2 amide bonds. The third kappa shape index (κ3) is 15.2. The van der Waals surface area contributed by atoms with Crippen molar-refractivity contribution >= 4 is 87.7 Å². The van der Waals surface area contributed by atoms with Gasteiger partial charge in [0.25, 0.3) is 0 Å². The summed E-state index contributed by atoms with van der Waals surface area (Å²) in [6.45, 7) is -0.327. The number of nitrogens with zero attached hydrogens (tertiary/aromatic N) is 2. The lowest BCUT2D eigenvalue weighted by atomic mass is 10.1. The highest BCUT2D eigenvalue weighted by molar-refractivity contribution is 7.91. The van der Waals surface area contributed by atoms with E-state index < -0.39 is 83.9 Å². The third-order valence-corrected chi connectivity index (χ3v) is 11.5. The zero-order valence-corrected chi connectivity index (χ0v) is 30.0. The van der Waals surface area contributed by atoms with E-state index in [4.69, 9.17) is 61.8 Å². The Morgan fingerprint density at radius 2 is 1.38 bits per heavy atom. The molecule has 47 heavy (non-hydrogen) atoms. The largest absolute Gasteiger partial charge is 0.480 e. The predicted molar refractivity (Wildman–Crippen MR) is 180 cm³/mol. The predicted octanol–water partition coefficient (Wildman–Crippen LogP) is 1.70. The Morgan fingerprint density at radius 3 is 1.83 bits per heavy atom. The lowest BCUT2D eigenvalue weighted by molar-refractivity contribution is -0.142. The number of carboxylic acid groups (broad SMARTS) is 2. The molecule has 0 saturated carbocycles. The molecule has 0 radical (unpaired) electrons. The average molecular weight is 787 g/mol. The number of carboxylic acids is 2. The van der Waals surface area contributed by atoms with Crippen molar-refractivity contribution in [3.05, 3.63) is 35.9 Å². The summed E-state index contributed by atoms with van der Waals surface area (Å²) >= 11 is 23.6. The van der Waals surface area contributed by atoms with Gasteiger partial charge in [-0.15, -0.1) is 46.4 Å². The van der Waals surface area contributed by atoms with Gasteiger partial charge in [0.1, 0.15) is 12.1 Å². The number of halogens is 4. The zero-order valence-electron chi connectivity index (χ0n) is 25.3. The van der Waals surface area contributed by atoms with Crippen molar-refractivity contribution in [1.82, 2.24) is 20.0 Å². The van der Waals surface area contributed by atoms with Crippen LogP contribution in [0.5, 0.6) is 0 Å². The van der Waals surface area contributed by atoms with E-state index in [1.165, 1.54) is 33.6 Å². The first-order valence-electron chi connectivity index (χ1n) is 14.2. The van der Waals surface area contributed by atoms with Gasteiger partial charge in [-0.2, -0.15) is 0 Å². The van der Waals surface area contributed by atoms with Crippen LogP contribution in [0.15, 0.2) is 30.3 Å². The van der Waals surface area contributed by atoms with Gasteiger partial charge in [0.2, 0.25) is 11.8 Å². The summed E-state index contributed by atoms with van der Waals surface area (Å²) in [4.78, 5) is 48.9. The van der Waals surface area contributed by atoms with Gasteiger partial charge in [-0.25, -0.2) is 22.6 Å². The van der Waals surface area contributed by atoms with Crippen molar-refractivity contribution < 1.29 is 46.9 Å². The molecule has 0 fully saturated rings. The molecule has 3 atom stereocenters. The molecule has 6 N–H and O–H groups in total. The van der Waals surface area contributed by atoms with Gasteiger partial charge in [-0.1, -0.05) is 30.3 Å². The van der Waals surface area contributed by atoms with Crippen molar-refractivity contribution in [1.29, 1.82) is 0 Å². The fraction of sp³-hybridized carbons (Fsp3) is 0.615. The molecule has 0 saturated heterocycles. The van der Waals surface area contributed by atoms with Gasteiger partial charge in [0.15, 0.2) is 15.9 Å². The smallest absolute Gasteiger partial charge is 0.346 e. The SMILES string of the molecule is N[C@@H](CCC(=O)NC(CS(=O)(=O)CCOP(=O)(N(CCCl)CCCl)N(CCCl)CCCl)C(=O)N[C@@H](C(=O)O)c1ccccc1)C(=O)O. The molecule has 268 valence electrons. The van der Waals surface area contributed by atoms with Gasteiger partial charge >= 0.3 is 19.6 Å². The van der Waals surface area contributed by atoms with E-state index in [9.17, 15) is 37.3 Å². The Labute approximate surface area is 293 Å². The highest BCUT2D eigenvalue weighted by Crippen LogP contribution is 2.54. The van der Waals surface area contributed by atoms with E-state index in [-0.39, 0.29) is 61.7 Å². The zero-order chi connectivity index (χ0) is 35.6. The van der Waals surface area contributed by atoms with E-state index in [1.807, 2.05) is 0 Å². The number of hydrogen-bond acceptors (Lipinski definition) is 9. The Bertz CT molecular complexity index is 1290. The van der Waals surface area contributed by atoms with Crippen molar-refractivity contribution in [2.75, 3.05) is 67.8 Å². The van der Waals surface area contributed by atoms with E-state index in [0.717, 1.165) is 0 Å². The van der Waals surface area contributed by atoms with Gasteiger partial charge in [-0.3, -0.25) is 18.9 Å². The number of amides is 2. The van der Waals surface area contributed by atoms with Gasteiger partial charge in [0.05, 0.1) is 18.1 Å².